The molecule has 130 valence electrons. The summed E-state index contributed by atoms with van der Waals surface area (Å²) in [5.41, 5.74) is 4.26. The van der Waals surface area contributed by atoms with Crippen LogP contribution in [0.15, 0.2) is 54.6 Å². The van der Waals surface area contributed by atoms with Crippen LogP contribution in [0.25, 0.3) is 0 Å². The summed E-state index contributed by atoms with van der Waals surface area (Å²) in [5, 5.41) is 0. The van der Waals surface area contributed by atoms with Gasteiger partial charge in [-0.05, 0) is 43.1 Å². The fourth-order valence-corrected chi connectivity index (χ4v) is 2.98. The molecule has 0 unspecified atom stereocenters. The van der Waals surface area contributed by atoms with E-state index in [9.17, 15) is 0 Å². The average molecular weight is 325 g/mol. The first-order valence-corrected chi connectivity index (χ1v) is 9.01. The molecule has 2 heteroatoms. The molecule has 2 aromatic rings. The molecule has 0 aliphatic rings. The van der Waals surface area contributed by atoms with E-state index in [2.05, 4.69) is 92.3 Å². The molecule has 0 amide bonds. The summed E-state index contributed by atoms with van der Waals surface area (Å²) in [6.07, 6.45) is 1.16. The number of hydrogen-bond acceptors (Lipinski definition) is 2. The van der Waals surface area contributed by atoms with E-state index in [1.807, 2.05) is 0 Å². The van der Waals surface area contributed by atoms with Gasteiger partial charge in [-0.3, -0.25) is 4.90 Å². The van der Waals surface area contributed by atoms with Crippen LogP contribution in [0.3, 0.4) is 0 Å². The van der Waals surface area contributed by atoms with Crippen molar-refractivity contribution in [3.05, 3.63) is 71.3 Å². The maximum Gasteiger partial charge on any atom is 0.0237 e. The lowest BCUT2D eigenvalue weighted by Crippen LogP contribution is -2.31. The van der Waals surface area contributed by atoms with Gasteiger partial charge in [-0.2, -0.15) is 0 Å². The highest BCUT2D eigenvalue weighted by Crippen LogP contribution is 2.14. The number of hydrogen-bond donors (Lipinski definition) is 0. The van der Waals surface area contributed by atoms with Crippen molar-refractivity contribution in [2.45, 2.75) is 33.4 Å². The van der Waals surface area contributed by atoms with Crippen LogP contribution in [0.5, 0.6) is 0 Å². The van der Waals surface area contributed by atoms with Crippen molar-refractivity contribution in [1.29, 1.82) is 0 Å². The van der Waals surface area contributed by atoms with Crippen molar-refractivity contribution >= 4 is 0 Å². The Kier molecular flexibility index (Phi) is 7.48. The van der Waals surface area contributed by atoms with Gasteiger partial charge in [0.1, 0.15) is 0 Å². The summed E-state index contributed by atoms with van der Waals surface area (Å²) in [7, 11) is 4.29. The fraction of sp³-hybridized carbons (Fsp3) is 0.455. The van der Waals surface area contributed by atoms with Gasteiger partial charge in [-0.1, -0.05) is 68.4 Å². The molecule has 0 saturated carbocycles. The fourth-order valence-electron chi connectivity index (χ4n) is 2.98. The van der Waals surface area contributed by atoms with Crippen LogP contribution in [0, 0.1) is 5.92 Å². The molecule has 0 radical (unpaired) electrons. The summed E-state index contributed by atoms with van der Waals surface area (Å²) >= 11 is 0. The van der Waals surface area contributed by atoms with Gasteiger partial charge in [0, 0.05) is 26.2 Å². The van der Waals surface area contributed by atoms with Crippen molar-refractivity contribution in [2.75, 3.05) is 27.2 Å². The number of nitrogens with zero attached hydrogens (tertiary/aromatic N) is 2. The predicted molar refractivity (Wildman–Crippen MR) is 104 cm³/mol. The highest BCUT2D eigenvalue weighted by Gasteiger charge is 2.09. The second-order valence-electron chi connectivity index (χ2n) is 7.42. The Morgan fingerprint density at radius 2 is 1.38 bits per heavy atom. The lowest BCUT2D eigenvalue weighted by molar-refractivity contribution is 0.226. The topological polar surface area (TPSA) is 6.48 Å². The summed E-state index contributed by atoms with van der Waals surface area (Å²) in [4.78, 5) is 4.80. The first-order valence-electron chi connectivity index (χ1n) is 9.01. The maximum atomic E-state index is 2.55. The Labute approximate surface area is 148 Å². The summed E-state index contributed by atoms with van der Waals surface area (Å²) in [6.45, 7) is 8.74. The van der Waals surface area contributed by atoms with Crippen LogP contribution in [0.4, 0.5) is 0 Å². The van der Waals surface area contributed by atoms with Crippen molar-refractivity contribution in [2.24, 2.45) is 5.92 Å². The molecule has 0 heterocycles. The molecule has 2 aromatic carbocycles. The summed E-state index contributed by atoms with van der Waals surface area (Å²) < 4.78 is 0. The van der Waals surface area contributed by atoms with Gasteiger partial charge in [0.15, 0.2) is 0 Å². The third kappa shape index (κ3) is 6.86. The van der Waals surface area contributed by atoms with Crippen molar-refractivity contribution in [3.63, 3.8) is 0 Å². The van der Waals surface area contributed by atoms with Crippen LogP contribution in [-0.2, 0) is 19.5 Å². The minimum atomic E-state index is 0.703. The van der Waals surface area contributed by atoms with Crippen LogP contribution < -0.4 is 0 Å². The van der Waals surface area contributed by atoms with Gasteiger partial charge in [0.2, 0.25) is 0 Å². The van der Waals surface area contributed by atoms with Gasteiger partial charge in [0.05, 0.1) is 0 Å². The third-order valence-electron chi connectivity index (χ3n) is 4.15. The molecule has 0 fully saturated rings. The second kappa shape index (κ2) is 9.61. The van der Waals surface area contributed by atoms with Crippen molar-refractivity contribution < 1.29 is 0 Å². The number of likely N-dealkylation sites (N-methyl/N-ethyl adjacent to an activating group) is 1. The van der Waals surface area contributed by atoms with E-state index in [1.54, 1.807) is 0 Å². The molecule has 0 spiro atoms. The maximum absolute atomic E-state index is 2.55. The molecule has 24 heavy (non-hydrogen) atoms. The highest BCUT2D eigenvalue weighted by molar-refractivity contribution is 5.24. The van der Waals surface area contributed by atoms with E-state index in [0.717, 1.165) is 32.6 Å². The molecule has 0 atom stereocenters. The Balaban J connectivity index is 2.06. The standard InChI is InChI=1S/C22H32N2/c1-19(2)15-21-11-8-12-22(16-21)18-24(14-13-23(3)4)17-20-9-6-5-7-10-20/h5-12,16,19H,13-15,17-18H2,1-4H3. The number of rotatable bonds is 9. The van der Waals surface area contributed by atoms with E-state index in [0.29, 0.717) is 5.92 Å². The van der Waals surface area contributed by atoms with Crippen LogP contribution in [0.2, 0.25) is 0 Å². The molecule has 0 aliphatic carbocycles. The number of benzene rings is 2. The van der Waals surface area contributed by atoms with Gasteiger partial charge in [0.25, 0.3) is 0 Å². The molecule has 0 aliphatic heterocycles. The Morgan fingerprint density at radius 1 is 0.750 bits per heavy atom. The minimum absolute atomic E-state index is 0.703. The van der Waals surface area contributed by atoms with E-state index in [4.69, 9.17) is 0 Å². The molecular weight excluding hydrogens is 292 g/mol. The monoisotopic (exact) mass is 324 g/mol. The Bertz CT molecular complexity index is 590. The lowest BCUT2D eigenvalue weighted by Gasteiger charge is -2.24. The van der Waals surface area contributed by atoms with E-state index in [1.165, 1.54) is 16.7 Å². The molecule has 0 aromatic heterocycles. The van der Waals surface area contributed by atoms with Gasteiger partial charge < -0.3 is 4.90 Å². The lowest BCUT2D eigenvalue weighted by atomic mass is 10.0. The van der Waals surface area contributed by atoms with Crippen LogP contribution >= 0.6 is 0 Å². The Morgan fingerprint density at radius 3 is 2.04 bits per heavy atom. The molecule has 0 N–H and O–H groups in total. The van der Waals surface area contributed by atoms with Crippen molar-refractivity contribution in [3.8, 4) is 0 Å². The molecule has 2 nitrogen and oxygen atoms in total. The molecule has 0 bridgehead atoms. The second-order valence-corrected chi connectivity index (χ2v) is 7.42. The average Bonchev–Trinajstić information content (AvgIpc) is 2.53. The molecule has 0 saturated heterocycles. The zero-order valence-corrected chi connectivity index (χ0v) is 15.7. The third-order valence-corrected chi connectivity index (χ3v) is 4.15. The van der Waals surface area contributed by atoms with Crippen LogP contribution in [-0.4, -0.2) is 37.0 Å². The smallest absolute Gasteiger partial charge is 0.0237 e. The largest absolute Gasteiger partial charge is 0.308 e. The van der Waals surface area contributed by atoms with Gasteiger partial charge in [-0.15, -0.1) is 0 Å². The Hall–Kier alpha value is -1.64. The summed E-state index contributed by atoms with van der Waals surface area (Å²) in [5.74, 6) is 0.703. The first kappa shape index (κ1) is 18.7. The van der Waals surface area contributed by atoms with E-state index in [-0.39, 0.29) is 0 Å². The zero-order valence-electron chi connectivity index (χ0n) is 15.7. The predicted octanol–water partition coefficient (Wildman–Crippen LogP) is 4.45. The van der Waals surface area contributed by atoms with E-state index < -0.39 is 0 Å². The van der Waals surface area contributed by atoms with Crippen LogP contribution in [0.1, 0.15) is 30.5 Å². The summed E-state index contributed by atoms with van der Waals surface area (Å²) in [6, 6.07) is 19.9. The van der Waals surface area contributed by atoms with Crippen molar-refractivity contribution in [1.82, 2.24) is 9.80 Å². The minimum Gasteiger partial charge on any atom is -0.308 e. The van der Waals surface area contributed by atoms with Gasteiger partial charge in [-0.25, -0.2) is 0 Å². The first-order chi connectivity index (χ1) is 11.5. The molecule has 2 rings (SSSR count). The van der Waals surface area contributed by atoms with E-state index >= 15 is 0 Å². The zero-order chi connectivity index (χ0) is 17.4. The molecular formula is C22H32N2. The highest BCUT2D eigenvalue weighted by atomic mass is 15.2. The van der Waals surface area contributed by atoms with Gasteiger partial charge >= 0.3 is 0 Å². The SMILES string of the molecule is CC(C)Cc1cccc(CN(CCN(C)C)Cc2ccccc2)c1. The normalized spacial score (nSPS) is 11.6. The quantitative estimate of drug-likeness (QED) is 0.672.